The van der Waals surface area contributed by atoms with Crippen LogP contribution >= 0.6 is 11.3 Å². The average molecular weight is 530 g/mol. The maximum Gasteiger partial charge on any atom is 0.324 e. The highest BCUT2D eigenvalue weighted by molar-refractivity contribution is 7.91. The maximum absolute atomic E-state index is 13.2. The Bertz CT molecular complexity index is 1340. The van der Waals surface area contributed by atoms with Crippen molar-refractivity contribution in [2.45, 2.75) is 26.2 Å². The van der Waals surface area contributed by atoms with E-state index >= 15 is 0 Å². The Morgan fingerprint density at radius 2 is 1.58 bits per heavy atom. The van der Waals surface area contributed by atoms with E-state index in [1.165, 1.54) is 16.2 Å². The molecule has 2 aromatic heterocycles. The molecular formula is C24H27N5O5S2. The molecular weight excluding hydrogens is 502 g/mol. The van der Waals surface area contributed by atoms with Crippen LogP contribution in [0, 0.1) is 0 Å². The van der Waals surface area contributed by atoms with E-state index in [0.29, 0.717) is 27.2 Å². The van der Waals surface area contributed by atoms with Gasteiger partial charge < -0.3 is 15.0 Å². The lowest BCUT2D eigenvalue weighted by Gasteiger charge is -2.26. The molecule has 0 aliphatic carbocycles. The van der Waals surface area contributed by atoms with Gasteiger partial charge in [-0.3, -0.25) is 15.1 Å². The van der Waals surface area contributed by atoms with Crippen molar-refractivity contribution in [2.75, 3.05) is 35.2 Å². The second kappa shape index (κ2) is 10.2. The summed E-state index contributed by atoms with van der Waals surface area (Å²) in [4.78, 5) is 35.9. The van der Waals surface area contributed by atoms with Gasteiger partial charge in [-0.15, -0.1) is 0 Å². The highest BCUT2D eigenvalue weighted by atomic mass is 32.2. The first-order valence-electron chi connectivity index (χ1n) is 11.3. The van der Waals surface area contributed by atoms with Crippen molar-refractivity contribution in [1.82, 2.24) is 14.9 Å². The number of rotatable bonds is 5. The van der Waals surface area contributed by atoms with E-state index in [2.05, 4.69) is 20.6 Å². The van der Waals surface area contributed by atoms with Crippen molar-refractivity contribution in [3.05, 3.63) is 59.5 Å². The first-order valence-corrected chi connectivity index (χ1v) is 13.9. The summed E-state index contributed by atoms with van der Waals surface area (Å²) in [5, 5.41) is 6.49. The van der Waals surface area contributed by atoms with Crippen LogP contribution in [0.25, 0.3) is 0 Å². The van der Waals surface area contributed by atoms with Crippen LogP contribution < -0.4 is 15.4 Å². The van der Waals surface area contributed by atoms with Crippen molar-refractivity contribution in [2.24, 2.45) is 0 Å². The zero-order valence-corrected chi connectivity index (χ0v) is 21.8. The van der Waals surface area contributed by atoms with Crippen LogP contribution in [0.3, 0.4) is 0 Å². The molecule has 0 atom stereocenters. The Morgan fingerprint density at radius 1 is 0.972 bits per heavy atom. The molecule has 12 heteroatoms. The average Bonchev–Trinajstić information content (AvgIpc) is 3.25. The number of amides is 3. The molecule has 0 bridgehead atoms. The zero-order valence-electron chi connectivity index (χ0n) is 20.1. The molecule has 4 rings (SSSR count). The fraction of sp³-hybridized carbons (Fsp3) is 0.333. The number of carbonyl (C=O) groups is 2. The standard InChI is InChI=1S/C24H27N5O5S2/c1-24(2,3)22-27-19(21(30)29-12-14-36(32,33)15-13-29)20(35-22)28-23(31)26-16-4-6-17(7-5-16)34-18-8-10-25-11-9-18/h4-11H,12-15H2,1-3H3,(H2,26,28,31). The fourth-order valence-corrected chi connectivity index (χ4v) is 5.56. The number of urea groups is 1. The molecule has 0 spiro atoms. The topological polar surface area (TPSA) is 131 Å². The summed E-state index contributed by atoms with van der Waals surface area (Å²) in [6.07, 6.45) is 3.26. The third-order valence-electron chi connectivity index (χ3n) is 5.33. The minimum atomic E-state index is -3.14. The molecule has 3 aromatic rings. The predicted octanol–water partition coefficient (Wildman–Crippen LogP) is 4.14. The molecule has 10 nitrogen and oxygen atoms in total. The molecule has 1 saturated heterocycles. The first kappa shape index (κ1) is 25.6. The van der Waals surface area contributed by atoms with E-state index in [0.717, 1.165) is 0 Å². The van der Waals surface area contributed by atoms with Crippen molar-refractivity contribution >= 4 is 43.8 Å². The number of thiazole rings is 1. The molecule has 1 aliphatic rings. The number of anilines is 2. The molecule has 0 unspecified atom stereocenters. The van der Waals surface area contributed by atoms with Crippen molar-refractivity contribution in [3.8, 4) is 11.5 Å². The Hall–Kier alpha value is -3.51. The molecule has 3 amide bonds. The Kier molecular flexibility index (Phi) is 7.27. The Balaban J connectivity index is 1.46. The van der Waals surface area contributed by atoms with Crippen LogP contribution in [0.2, 0.25) is 0 Å². The highest BCUT2D eigenvalue weighted by Crippen LogP contribution is 2.34. The van der Waals surface area contributed by atoms with Crippen LogP contribution in [-0.4, -0.2) is 59.8 Å². The van der Waals surface area contributed by atoms with Gasteiger partial charge in [0, 0.05) is 36.6 Å². The smallest absolute Gasteiger partial charge is 0.324 e. The van der Waals surface area contributed by atoms with Gasteiger partial charge in [-0.2, -0.15) is 0 Å². The number of hydrogen-bond donors (Lipinski definition) is 2. The van der Waals surface area contributed by atoms with Crippen LogP contribution in [0.15, 0.2) is 48.8 Å². The first-order chi connectivity index (χ1) is 17.0. The van der Waals surface area contributed by atoms with Crippen molar-refractivity contribution < 1.29 is 22.7 Å². The van der Waals surface area contributed by atoms with E-state index < -0.39 is 21.8 Å². The van der Waals surface area contributed by atoms with Crippen molar-refractivity contribution in [1.29, 1.82) is 0 Å². The minimum Gasteiger partial charge on any atom is -0.457 e. The van der Waals surface area contributed by atoms with E-state index in [4.69, 9.17) is 4.74 Å². The number of nitrogens with one attached hydrogen (secondary N) is 2. The molecule has 3 heterocycles. The number of nitrogens with zero attached hydrogens (tertiary/aromatic N) is 3. The third kappa shape index (κ3) is 6.38. The number of benzene rings is 1. The summed E-state index contributed by atoms with van der Waals surface area (Å²) >= 11 is 1.23. The summed E-state index contributed by atoms with van der Waals surface area (Å²) in [7, 11) is -3.14. The number of ether oxygens (including phenoxy) is 1. The molecule has 2 N–H and O–H groups in total. The number of hydrogen-bond acceptors (Lipinski definition) is 8. The Labute approximate surface area is 213 Å². The van der Waals surface area contributed by atoms with Crippen LogP contribution in [-0.2, 0) is 15.3 Å². The summed E-state index contributed by atoms with van der Waals surface area (Å²) in [5.74, 6) is 0.676. The number of aromatic nitrogens is 2. The van der Waals surface area contributed by atoms with Gasteiger partial charge >= 0.3 is 6.03 Å². The normalized spacial score (nSPS) is 15.2. The lowest BCUT2D eigenvalue weighted by Crippen LogP contribution is -2.44. The summed E-state index contributed by atoms with van der Waals surface area (Å²) in [5.41, 5.74) is 0.302. The molecule has 0 radical (unpaired) electrons. The summed E-state index contributed by atoms with van der Waals surface area (Å²) in [6.45, 7) is 6.10. The monoisotopic (exact) mass is 529 g/mol. The SMILES string of the molecule is CC(C)(C)c1nc(C(=O)N2CCS(=O)(=O)CC2)c(NC(=O)Nc2ccc(Oc3ccncc3)cc2)s1. The number of carbonyl (C=O) groups excluding carboxylic acids is 2. The minimum absolute atomic E-state index is 0.0842. The predicted molar refractivity (Wildman–Crippen MR) is 139 cm³/mol. The second-order valence-electron chi connectivity index (χ2n) is 9.28. The van der Waals surface area contributed by atoms with E-state index in [9.17, 15) is 18.0 Å². The zero-order chi connectivity index (χ0) is 25.9. The lowest BCUT2D eigenvalue weighted by molar-refractivity contribution is 0.0766. The quantitative estimate of drug-likeness (QED) is 0.508. The van der Waals surface area contributed by atoms with E-state index in [1.807, 2.05) is 20.8 Å². The molecule has 1 fully saturated rings. The van der Waals surface area contributed by atoms with E-state index in [1.54, 1.807) is 48.8 Å². The van der Waals surface area contributed by atoms with Gasteiger partial charge in [-0.25, -0.2) is 18.2 Å². The van der Waals surface area contributed by atoms with Gasteiger partial charge in [0.2, 0.25) is 0 Å². The third-order valence-corrected chi connectivity index (χ3v) is 8.33. The number of sulfone groups is 1. The fourth-order valence-electron chi connectivity index (χ4n) is 3.35. The largest absolute Gasteiger partial charge is 0.457 e. The molecule has 1 aliphatic heterocycles. The molecule has 36 heavy (non-hydrogen) atoms. The maximum atomic E-state index is 13.2. The molecule has 1 aromatic carbocycles. The Morgan fingerprint density at radius 3 is 2.19 bits per heavy atom. The van der Waals surface area contributed by atoms with Gasteiger partial charge in [0.05, 0.1) is 11.5 Å². The van der Waals surface area contributed by atoms with Gasteiger partial charge in [0.1, 0.15) is 21.5 Å². The molecule has 190 valence electrons. The van der Waals surface area contributed by atoms with Crippen LogP contribution in [0.1, 0.15) is 36.3 Å². The number of pyridine rings is 1. The molecule has 0 saturated carbocycles. The van der Waals surface area contributed by atoms with Crippen LogP contribution in [0.5, 0.6) is 11.5 Å². The van der Waals surface area contributed by atoms with Crippen molar-refractivity contribution in [3.63, 3.8) is 0 Å². The van der Waals surface area contributed by atoms with Gasteiger partial charge in [0.15, 0.2) is 15.5 Å². The van der Waals surface area contributed by atoms with Gasteiger partial charge in [0.25, 0.3) is 5.91 Å². The van der Waals surface area contributed by atoms with Gasteiger partial charge in [-0.1, -0.05) is 32.1 Å². The second-order valence-corrected chi connectivity index (χ2v) is 12.6. The van der Waals surface area contributed by atoms with Crippen LogP contribution in [0.4, 0.5) is 15.5 Å². The summed E-state index contributed by atoms with van der Waals surface area (Å²) < 4.78 is 29.3. The highest BCUT2D eigenvalue weighted by Gasteiger charge is 2.31. The lowest BCUT2D eigenvalue weighted by atomic mass is 9.98. The van der Waals surface area contributed by atoms with Gasteiger partial charge in [-0.05, 0) is 36.4 Å². The van der Waals surface area contributed by atoms with E-state index in [-0.39, 0.29) is 35.7 Å². The summed E-state index contributed by atoms with van der Waals surface area (Å²) in [6, 6.07) is 9.79.